The number of rotatable bonds is 6. The Morgan fingerprint density at radius 2 is 1.95 bits per heavy atom. The van der Waals surface area contributed by atoms with Crippen LogP contribution >= 0.6 is 15.9 Å². The molecule has 0 bridgehead atoms. The van der Waals surface area contributed by atoms with Crippen molar-refractivity contribution in [1.29, 1.82) is 0 Å². The van der Waals surface area contributed by atoms with E-state index >= 15 is 0 Å². The van der Waals surface area contributed by atoms with Crippen LogP contribution in [0.1, 0.15) is 32.8 Å². The second-order valence-electron chi connectivity index (χ2n) is 6.10. The fraction of sp³-hybridized carbons (Fsp3) is 0.600. The second kappa shape index (κ2) is 7.05. The molecule has 20 heavy (non-hydrogen) atoms. The maximum absolute atomic E-state index is 12.1. The highest BCUT2D eigenvalue weighted by atomic mass is 79.9. The van der Waals surface area contributed by atoms with Gasteiger partial charge in [0.15, 0.2) is 9.84 Å². The molecule has 0 aliphatic rings. The lowest BCUT2D eigenvalue weighted by atomic mass is 9.98. The second-order valence-corrected chi connectivity index (χ2v) is 9.88. The van der Waals surface area contributed by atoms with Crippen molar-refractivity contribution in [2.75, 3.05) is 12.4 Å². The van der Waals surface area contributed by atoms with Crippen LogP contribution < -0.4 is 0 Å². The molecule has 114 valence electrons. The summed E-state index contributed by atoms with van der Waals surface area (Å²) in [6.45, 7) is 5.14. The van der Waals surface area contributed by atoms with Gasteiger partial charge in [-0.15, -0.1) is 0 Å². The van der Waals surface area contributed by atoms with Crippen molar-refractivity contribution in [2.45, 2.75) is 38.4 Å². The number of benzene rings is 1. The van der Waals surface area contributed by atoms with E-state index in [1.807, 2.05) is 24.3 Å². The highest BCUT2D eigenvalue weighted by Gasteiger charge is 2.29. The minimum Gasteiger partial charge on any atom is -0.396 e. The first-order valence-corrected chi connectivity index (χ1v) is 9.18. The summed E-state index contributed by atoms with van der Waals surface area (Å²) in [7, 11) is -3.12. The third-order valence-electron chi connectivity index (χ3n) is 3.40. The SMILES string of the molecule is CC(C)(C)S(=O)(=O)CCC(CO)Cc1cccc(Br)c1. The van der Waals surface area contributed by atoms with Crippen LogP contribution in [0.25, 0.3) is 0 Å². The molecule has 1 atom stereocenters. The predicted molar refractivity (Wildman–Crippen MR) is 86.6 cm³/mol. The summed E-state index contributed by atoms with van der Waals surface area (Å²) < 4.78 is 24.4. The van der Waals surface area contributed by atoms with E-state index in [-0.39, 0.29) is 18.3 Å². The van der Waals surface area contributed by atoms with Crippen molar-refractivity contribution in [3.8, 4) is 0 Å². The minimum atomic E-state index is -3.12. The molecule has 3 nitrogen and oxygen atoms in total. The van der Waals surface area contributed by atoms with Crippen molar-refractivity contribution in [3.05, 3.63) is 34.3 Å². The van der Waals surface area contributed by atoms with Crippen LogP contribution in [-0.4, -0.2) is 30.6 Å². The van der Waals surface area contributed by atoms with Gasteiger partial charge in [0, 0.05) is 11.1 Å². The zero-order valence-electron chi connectivity index (χ0n) is 12.3. The number of hydrogen-bond donors (Lipinski definition) is 1. The molecule has 0 aliphatic heterocycles. The van der Waals surface area contributed by atoms with Crippen molar-refractivity contribution >= 4 is 25.8 Å². The van der Waals surface area contributed by atoms with Gasteiger partial charge in [0.2, 0.25) is 0 Å². The molecule has 0 saturated carbocycles. The van der Waals surface area contributed by atoms with E-state index in [0.29, 0.717) is 12.8 Å². The van der Waals surface area contributed by atoms with Gasteiger partial charge in [-0.25, -0.2) is 8.42 Å². The lowest BCUT2D eigenvalue weighted by Gasteiger charge is -2.21. The molecule has 0 heterocycles. The monoisotopic (exact) mass is 362 g/mol. The molecule has 1 N–H and O–H groups in total. The number of aliphatic hydroxyl groups is 1. The van der Waals surface area contributed by atoms with Gasteiger partial charge >= 0.3 is 0 Å². The summed E-state index contributed by atoms with van der Waals surface area (Å²) in [4.78, 5) is 0. The summed E-state index contributed by atoms with van der Waals surface area (Å²) in [5.74, 6) is 0.0943. The Bertz CT molecular complexity index is 532. The van der Waals surface area contributed by atoms with Gasteiger partial charge in [-0.1, -0.05) is 28.1 Å². The summed E-state index contributed by atoms with van der Waals surface area (Å²) in [5, 5.41) is 9.45. The standard InChI is InChI=1S/C15H23BrO3S/c1-15(2,3)20(18,19)8-7-13(11-17)9-12-5-4-6-14(16)10-12/h4-6,10,13,17H,7-9,11H2,1-3H3. The number of aliphatic hydroxyl groups excluding tert-OH is 1. The molecular weight excluding hydrogens is 340 g/mol. The first-order chi connectivity index (χ1) is 9.15. The first kappa shape index (κ1) is 17.7. The maximum atomic E-state index is 12.1. The lowest BCUT2D eigenvalue weighted by molar-refractivity contribution is 0.222. The topological polar surface area (TPSA) is 54.4 Å². The molecule has 0 aromatic heterocycles. The van der Waals surface area contributed by atoms with E-state index in [1.54, 1.807) is 20.8 Å². The van der Waals surface area contributed by atoms with E-state index in [1.165, 1.54) is 0 Å². The van der Waals surface area contributed by atoms with E-state index in [2.05, 4.69) is 15.9 Å². The summed E-state index contributed by atoms with van der Waals surface area (Å²) in [6.07, 6.45) is 1.18. The Balaban J connectivity index is 2.65. The molecule has 0 fully saturated rings. The smallest absolute Gasteiger partial charge is 0.155 e. The van der Waals surface area contributed by atoms with Crippen LogP contribution in [-0.2, 0) is 16.3 Å². The number of halogens is 1. The van der Waals surface area contributed by atoms with E-state index in [4.69, 9.17) is 0 Å². The zero-order valence-corrected chi connectivity index (χ0v) is 14.7. The molecule has 0 spiro atoms. The van der Waals surface area contributed by atoms with Crippen LogP contribution in [0.2, 0.25) is 0 Å². The Morgan fingerprint density at radius 1 is 1.30 bits per heavy atom. The molecule has 1 aromatic rings. The average Bonchev–Trinajstić information content (AvgIpc) is 2.33. The Morgan fingerprint density at radius 3 is 2.45 bits per heavy atom. The molecule has 0 saturated heterocycles. The molecule has 1 aromatic carbocycles. The molecule has 5 heteroatoms. The van der Waals surface area contributed by atoms with Crippen LogP contribution in [0.5, 0.6) is 0 Å². The molecule has 1 rings (SSSR count). The molecule has 0 radical (unpaired) electrons. The Hall–Kier alpha value is -0.390. The van der Waals surface area contributed by atoms with Crippen molar-refractivity contribution in [3.63, 3.8) is 0 Å². The molecule has 1 unspecified atom stereocenters. The molecule has 0 aliphatic carbocycles. The third kappa shape index (κ3) is 5.19. The number of sulfone groups is 1. The van der Waals surface area contributed by atoms with Crippen molar-refractivity contribution in [1.82, 2.24) is 0 Å². The maximum Gasteiger partial charge on any atom is 0.155 e. The Kier molecular flexibility index (Phi) is 6.23. The van der Waals surface area contributed by atoms with Crippen LogP contribution in [0.3, 0.4) is 0 Å². The van der Waals surface area contributed by atoms with Gasteiger partial charge in [0.05, 0.1) is 10.5 Å². The third-order valence-corrected chi connectivity index (χ3v) is 6.53. The predicted octanol–water partition coefficient (Wildman–Crippen LogP) is 3.20. The molecular formula is C15H23BrO3S. The summed E-state index contributed by atoms with van der Waals surface area (Å²) in [6, 6.07) is 7.88. The van der Waals surface area contributed by atoms with Crippen LogP contribution in [0, 0.1) is 5.92 Å². The van der Waals surface area contributed by atoms with Gasteiger partial charge in [-0.2, -0.15) is 0 Å². The highest BCUT2D eigenvalue weighted by molar-refractivity contribution is 9.10. The normalized spacial score (nSPS) is 14.2. The summed E-state index contributed by atoms with van der Waals surface area (Å²) >= 11 is 3.41. The quantitative estimate of drug-likeness (QED) is 0.845. The van der Waals surface area contributed by atoms with Gasteiger partial charge in [0.25, 0.3) is 0 Å². The van der Waals surface area contributed by atoms with Crippen molar-refractivity contribution < 1.29 is 13.5 Å². The van der Waals surface area contributed by atoms with Crippen LogP contribution in [0.4, 0.5) is 0 Å². The lowest BCUT2D eigenvalue weighted by Crippen LogP contribution is -2.31. The largest absolute Gasteiger partial charge is 0.396 e. The highest BCUT2D eigenvalue weighted by Crippen LogP contribution is 2.21. The van der Waals surface area contributed by atoms with Gasteiger partial charge in [0.1, 0.15) is 0 Å². The first-order valence-electron chi connectivity index (χ1n) is 6.73. The fourth-order valence-corrected chi connectivity index (χ4v) is 3.59. The van der Waals surface area contributed by atoms with Gasteiger partial charge in [-0.05, 0) is 57.2 Å². The van der Waals surface area contributed by atoms with Crippen molar-refractivity contribution in [2.24, 2.45) is 5.92 Å². The van der Waals surface area contributed by atoms with E-state index in [0.717, 1.165) is 10.0 Å². The summed E-state index contributed by atoms with van der Waals surface area (Å²) in [5.41, 5.74) is 1.10. The van der Waals surface area contributed by atoms with E-state index in [9.17, 15) is 13.5 Å². The van der Waals surface area contributed by atoms with Crippen LogP contribution in [0.15, 0.2) is 28.7 Å². The minimum absolute atomic E-state index is 0.00613. The van der Waals surface area contributed by atoms with E-state index < -0.39 is 14.6 Å². The molecule has 0 amide bonds. The Labute approximate surface area is 130 Å². The number of hydrogen-bond acceptors (Lipinski definition) is 3. The average molecular weight is 363 g/mol. The van der Waals surface area contributed by atoms with Gasteiger partial charge < -0.3 is 5.11 Å². The van der Waals surface area contributed by atoms with Gasteiger partial charge in [-0.3, -0.25) is 0 Å². The zero-order chi connectivity index (χ0) is 15.4. The fourth-order valence-electron chi connectivity index (χ4n) is 1.88.